The van der Waals surface area contributed by atoms with Gasteiger partial charge >= 0.3 is 0 Å². The number of nitrogens with two attached hydrogens (primary N) is 2. The molecular weight excluding hydrogens is 180 g/mol. The van der Waals surface area contributed by atoms with Crippen LogP contribution < -0.4 is 16.6 Å². The van der Waals surface area contributed by atoms with Gasteiger partial charge in [0, 0.05) is 19.2 Å². The maximum atomic E-state index is 10.1. The molecule has 14 heavy (non-hydrogen) atoms. The van der Waals surface area contributed by atoms with Crippen molar-refractivity contribution in [2.24, 2.45) is 5.84 Å². The molecule has 0 saturated heterocycles. The first-order chi connectivity index (χ1) is 6.75. The van der Waals surface area contributed by atoms with Crippen LogP contribution in [0.25, 0.3) is 0 Å². The Morgan fingerprint density at radius 3 is 3.00 bits per heavy atom. The van der Waals surface area contributed by atoms with Crippen molar-refractivity contribution in [3.8, 4) is 0 Å². The molecule has 0 atom stereocenters. The second-order valence-electron chi connectivity index (χ2n) is 2.91. The zero-order valence-electron chi connectivity index (χ0n) is 7.89. The third-order valence-electron chi connectivity index (χ3n) is 1.85. The molecule has 0 aliphatic rings. The summed E-state index contributed by atoms with van der Waals surface area (Å²) in [6.45, 7) is 0.592. The van der Waals surface area contributed by atoms with Crippen LogP contribution in [-0.4, -0.2) is 17.8 Å². The van der Waals surface area contributed by atoms with Crippen molar-refractivity contribution in [3.63, 3.8) is 0 Å². The van der Waals surface area contributed by atoms with Gasteiger partial charge in [-0.3, -0.25) is 0 Å². The minimum absolute atomic E-state index is 0.404. The zero-order chi connectivity index (χ0) is 10.4. The summed E-state index contributed by atoms with van der Waals surface area (Å²) in [5, 5.41) is 1.51. The highest BCUT2D eigenvalue weighted by Crippen LogP contribution is 2.16. The molecule has 5 nitrogen and oxygen atoms in total. The fraction of sp³-hybridized carbons (Fsp3) is 0.333. The normalized spacial score (nSPS) is 9.79. The van der Waals surface area contributed by atoms with Gasteiger partial charge in [0.1, 0.15) is 12.1 Å². The highest BCUT2D eigenvalue weighted by Gasteiger charge is 2.04. The van der Waals surface area contributed by atoms with E-state index in [1.54, 1.807) is 18.3 Å². The van der Waals surface area contributed by atoms with Gasteiger partial charge in [0.05, 0.1) is 5.69 Å². The van der Waals surface area contributed by atoms with Crippen LogP contribution in [0.3, 0.4) is 0 Å². The molecule has 0 unspecified atom stereocenters. The van der Waals surface area contributed by atoms with Crippen LogP contribution in [0.5, 0.6) is 0 Å². The first-order valence-corrected chi connectivity index (χ1v) is 4.42. The lowest BCUT2D eigenvalue weighted by molar-refractivity contribution is -0.107. The Balaban J connectivity index is 2.55. The van der Waals surface area contributed by atoms with E-state index in [1.165, 1.54) is 5.01 Å². The van der Waals surface area contributed by atoms with Crippen LogP contribution >= 0.6 is 0 Å². The molecule has 0 aromatic carbocycles. The Morgan fingerprint density at radius 1 is 1.57 bits per heavy atom. The number of aldehydes is 1. The average molecular weight is 194 g/mol. The fourth-order valence-corrected chi connectivity index (χ4v) is 1.12. The maximum Gasteiger partial charge on any atom is 0.148 e. The lowest BCUT2D eigenvalue weighted by atomic mass is 10.3. The molecule has 0 aliphatic heterocycles. The molecule has 1 heterocycles. The van der Waals surface area contributed by atoms with Gasteiger partial charge in [-0.25, -0.2) is 10.8 Å². The predicted molar refractivity (Wildman–Crippen MR) is 55.5 cm³/mol. The molecule has 1 rings (SSSR count). The van der Waals surface area contributed by atoms with Gasteiger partial charge in [-0.15, -0.1) is 0 Å². The molecule has 0 fully saturated rings. The lowest BCUT2D eigenvalue weighted by Gasteiger charge is -2.18. The van der Waals surface area contributed by atoms with E-state index in [0.717, 1.165) is 6.29 Å². The van der Waals surface area contributed by atoms with Gasteiger partial charge < -0.3 is 15.5 Å². The number of aromatic nitrogens is 1. The molecule has 0 radical (unpaired) electrons. The third-order valence-corrected chi connectivity index (χ3v) is 1.85. The Hall–Kier alpha value is -1.62. The number of nitrogens with zero attached hydrogens (tertiary/aromatic N) is 2. The number of pyridine rings is 1. The average Bonchev–Trinajstić information content (AvgIpc) is 2.18. The van der Waals surface area contributed by atoms with E-state index in [9.17, 15) is 4.79 Å². The molecule has 0 saturated carbocycles. The molecule has 1 aromatic rings. The van der Waals surface area contributed by atoms with Gasteiger partial charge in [-0.05, 0) is 18.6 Å². The Labute approximate surface area is 82.7 Å². The van der Waals surface area contributed by atoms with Crippen molar-refractivity contribution in [1.29, 1.82) is 0 Å². The number of hydrogen-bond acceptors (Lipinski definition) is 5. The van der Waals surface area contributed by atoms with Gasteiger partial charge in [0.25, 0.3) is 0 Å². The summed E-state index contributed by atoms with van der Waals surface area (Å²) >= 11 is 0. The fourth-order valence-electron chi connectivity index (χ4n) is 1.12. The standard InChI is InChI=1S/C9H14N4O/c10-9-8(4-3-5-12-9)13(11)6-1-2-7-14/h3-5,7H,1-2,6,11H2,(H2,10,12). The van der Waals surface area contributed by atoms with E-state index in [-0.39, 0.29) is 0 Å². The zero-order valence-corrected chi connectivity index (χ0v) is 7.89. The Kier molecular flexibility index (Phi) is 3.87. The van der Waals surface area contributed by atoms with Gasteiger partial charge in [0.2, 0.25) is 0 Å². The van der Waals surface area contributed by atoms with E-state index < -0.39 is 0 Å². The SMILES string of the molecule is Nc1ncccc1N(N)CCCC=O. The number of nitrogen functional groups attached to an aromatic ring is 1. The van der Waals surface area contributed by atoms with Crippen molar-refractivity contribution in [3.05, 3.63) is 18.3 Å². The topological polar surface area (TPSA) is 85.2 Å². The third kappa shape index (κ3) is 2.70. The molecule has 0 aliphatic carbocycles. The number of carbonyl (C=O) groups is 1. The van der Waals surface area contributed by atoms with Gasteiger partial charge in [-0.2, -0.15) is 0 Å². The molecule has 76 valence electrons. The summed E-state index contributed by atoms with van der Waals surface area (Å²) in [4.78, 5) is 14.0. The van der Waals surface area contributed by atoms with Crippen molar-refractivity contribution in [2.45, 2.75) is 12.8 Å². The molecule has 0 spiro atoms. The van der Waals surface area contributed by atoms with Crippen molar-refractivity contribution < 1.29 is 4.79 Å². The van der Waals surface area contributed by atoms with Crippen LogP contribution in [-0.2, 0) is 4.79 Å². The second-order valence-corrected chi connectivity index (χ2v) is 2.91. The minimum atomic E-state index is 0.404. The summed E-state index contributed by atoms with van der Waals surface area (Å²) in [6.07, 6.45) is 3.71. The molecule has 0 amide bonds. The number of unbranched alkanes of at least 4 members (excludes halogenated alkanes) is 1. The molecule has 4 N–H and O–H groups in total. The summed E-state index contributed by atoms with van der Waals surface area (Å²) < 4.78 is 0. The van der Waals surface area contributed by atoms with Crippen LogP contribution in [0, 0.1) is 0 Å². The van der Waals surface area contributed by atoms with E-state index >= 15 is 0 Å². The number of carbonyl (C=O) groups excluding carboxylic acids is 1. The summed E-state index contributed by atoms with van der Waals surface area (Å²) in [6, 6.07) is 3.56. The smallest absolute Gasteiger partial charge is 0.148 e. The Bertz CT molecular complexity index is 303. The predicted octanol–water partition coefficient (Wildman–Crippen LogP) is 0.323. The van der Waals surface area contributed by atoms with E-state index in [2.05, 4.69) is 4.98 Å². The molecule has 1 aromatic heterocycles. The molecule has 5 heteroatoms. The van der Waals surface area contributed by atoms with Crippen LogP contribution in [0.2, 0.25) is 0 Å². The van der Waals surface area contributed by atoms with Crippen molar-refractivity contribution in [1.82, 2.24) is 4.98 Å². The lowest BCUT2D eigenvalue weighted by Crippen LogP contribution is -2.32. The van der Waals surface area contributed by atoms with E-state index in [0.29, 0.717) is 30.9 Å². The number of rotatable bonds is 5. The highest BCUT2D eigenvalue weighted by atomic mass is 16.1. The second kappa shape index (κ2) is 5.18. The monoisotopic (exact) mass is 194 g/mol. The number of hydrogen-bond donors (Lipinski definition) is 2. The van der Waals surface area contributed by atoms with E-state index in [1.807, 2.05) is 0 Å². The van der Waals surface area contributed by atoms with E-state index in [4.69, 9.17) is 11.6 Å². The summed E-state index contributed by atoms with van der Waals surface area (Å²) in [5.74, 6) is 6.14. The number of hydrazine groups is 1. The summed E-state index contributed by atoms with van der Waals surface area (Å²) in [5.41, 5.74) is 6.32. The van der Waals surface area contributed by atoms with Crippen molar-refractivity contribution >= 4 is 17.8 Å². The largest absolute Gasteiger partial charge is 0.382 e. The first kappa shape index (κ1) is 10.5. The van der Waals surface area contributed by atoms with Crippen LogP contribution in [0.1, 0.15) is 12.8 Å². The Morgan fingerprint density at radius 2 is 2.36 bits per heavy atom. The maximum absolute atomic E-state index is 10.1. The first-order valence-electron chi connectivity index (χ1n) is 4.42. The highest BCUT2D eigenvalue weighted by molar-refractivity contribution is 5.61. The van der Waals surface area contributed by atoms with Gasteiger partial charge in [0.15, 0.2) is 0 Å². The van der Waals surface area contributed by atoms with Crippen LogP contribution in [0.15, 0.2) is 18.3 Å². The number of anilines is 2. The van der Waals surface area contributed by atoms with Crippen LogP contribution in [0.4, 0.5) is 11.5 Å². The summed E-state index contributed by atoms with van der Waals surface area (Å²) in [7, 11) is 0. The van der Waals surface area contributed by atoms with Crippen molar-refractivity contribution in [2.75, 3.05) is 17.3 Å². The molecular formula is C9H14N4O. The quantitative estimate of drug-likeness (QED) is 0.305. The van der Waals surface area contributed by atoms with Gasteiger partial charge in [-0.1, -0.05) is 0 Å². The molecule has 0 bridgehead atoms. The minimum Gasteiger partial charge on any atom is -0.382 e.